The molecule has 1 atom stereocenters. The summed E-state index contributed by atoms with van der Waals surface area (Å²) in [5.41, 5.74) is 6.51. The van der Waals surface area contributed by atoms with E-state index in [9.17, 15) is 9.18 Å². The van der Waals surface area contributed by atoms with Gasteiger partial charge in [-0.15, -0.1) is 0 Å². The van der Waals surface area contributed by atoms with Gasteiger partial charge in [-0.2, -0.15) is 0 Å². The number of amides is 1. The van der Waals surface area contributed by atoms with Gasteiger partial charge in [0.1, 0.15) is 0 Å². The van der Waals surface area contributed by atoms with Crippen molar-refractivity contribution in [3.8, 4) is 5.75 Å². The van der Waals surface area contributed by atoms with Gasteiger partial charge in [0.05, 0.1) is 13.2 Å². The van der Waals surface area contributed by atoms with Crippen LogP contribution < -0.4 is 10.5 Å². The molecule has 0 aromatic heterocycles. The second-order valence-corrected chi connectivity index (χ2v) is 5.36. The Balaban J connectivity index is 1.89. The number of carbonyl (C=O) groups is 1. The highest BCUT2D eigenvalue weighted by molar-refractivity contribution is 5.81. The molecule has 1 amide bonds. The van der Waals surface area contributed by atoms with Crippen LogP contribution in [0.4, 0.5) is 4.39 Å². The molecule has 0 bridgehead atoms. The maximum atomic E-state index is 13.7. The zero-order chi connectivity index (χ0) is 15.4. The van der Waals surface area contributed by atoms with Gasteiger partial charge in [0.2, 0.25) is 5.91 Å². The first kappa shape index (κ1) is 15.7. The minimum Gasteiger partial charge on any atom is -0.494 e. The molecule has 0 spiro atoms. The summed E-state index contributed by atoms with van der Waals surface area (Å²) in [6.45, 7) is 5.24. The molecule has 1 aromatic rings. The number of methoxy groups -OCH3 is 1. The Morgan fingerprint density at radius 3 is 2.57 bits per heavy atom. The van der Waals surface area contributed by atoms with Crippen LogP contribution in [0.15, 0.2) is 18.2 Å². The predicted molar refractivity (Wildman–Crippen MR) is 78.5 cm³/mol. The van der Waals surface area contributed by atoms with Crippen LogP contribution in [-0.4, -0.2) is 55.0 Å². The molecule has 116 valence electrons. The Bertz CT molecular complexity index is 500. The monoisotopic (exact) mass is 295 g/mol. The van der Waals surface area contributed by atoms with Crippen LogP contribution in [0, 0.1) is 5.82 Å². The summed E-state index contributed by atoms with van der Waals surface area (Å²) >= 11 is 0. The minimum absolute atomic E-state index is 0.00913. The highest BCUT2D eigenvalue weighted by atomic mass is 19.1. The molecule has 1 aromatic carbocycles. The Hall–Kier alpha value is -1.66. The van der Waals surface area contributed by atoms with Crippen LogP contribution >= 0.6 is 0 Å². The SMILES string of the molecule is COc1ccc(CN2CCN(C(=O)[C@@H](C)N)CC2)cc1F. The fourth-order valence-electron chi connectivity index (χ4n) is 2.48. The Labute approximate surface area is 124 Å². The van der Waals surface area contributed by atoms with Gasteiger partial charge in [0.25, 0.3) is 0 Å². The molecular weight excluding hydrogens is 273 g/mol. The van der Waals surface area contributed by atoms with Crippen molar-refractivity contribution in [1.29, 1.82) is 0 Å². The number of piperazine rings is 1. The normalized spacial score (nSPS) is 17.6. The maximum Gasteiger partial charge on any atom is 0.239 e. The summed E-state index contributed by atoms with van der Waals surface area (Å²) in [5.74, 6) is -0.1000. The number of halogens is 1. The van der Waals surface area contributed by atoms with Crippen LogP contribution in [0.3, 0.4) is 0 Å². The van der Waals surface area contributed by atoms with Gasteiger partial charge in [-0.05, 0) is 24.6 Å². The van der Waals surface area contributed by atoms with Gasteiger partial charge in [-0.25, -0.2) is 4.39 Å². The highest BCUT2D eigenvalue weighted by Gasteiger charge is 2.23. The van der Waals surface area contributed by atoms with Crippen molar-refractivity contribution in [2.24, 2.45) is 5.73 Å². The van der Waals surface area contributed by atoms with Crippen molar-refractivity contribution >= 4 is 5.91 Å². The highest BCUT2D eigenvalue weighted by Crippen LogP contribution is 2.19. The van der Waals surface area contributed by atoms with Crippen molar-refractivity contribution in [3.63, 3.8) is 0 Å². The topological polar surface area (TPSA) is 58.8 Å². The molecular formula is C15H22FN3O2. The smallest absolute Gasteiger partial charge is 0.239 e. The Morgan fingerprint density at radius 1 is 1.38 bits per heavy atom. The lowest BCUT2D eigenvalue weighted by atomic mass is 10.1. The first-order chi connectivity index (χ1) is 10.0. The predicted octanol–water partition coefficient (Wildman–Crippen LogP) is 0.826. The summed E-state index contributed by atoms with van der Waals surface area (Å²) in [6, 6.07) is 4.55. The van der Waals surface area contributed by atoms with Gasteiger partial charge in [-0.3, -0.25) is 9.69 Å². The van der Waals surface area contributed by atoms with Crippen LogP contribution in [0.2, 0.25) is 0 Å². The minimum atomic E-state index is -0.452. The van der Waals surface area contributed by atoms with Crippen molar-refractivity contribution < 1.29 is 13.9 Å². The lowest BCUT2D eigenvalue weighted by Crippen LogP contribution is -2.52. The standard InChI is InChI=1S/C15H22FN3O2/c1-11(17)15(20)19-7-5-18(6-8-19)10-12-3-4-14(21-2)13(16)9-12/h3-4,9,11H,5-8,10,17H2,1-2H3/t11-/m1/s1. The average Bonchev–Trinajstić information content (AvgIpc) is 2.47. The Kier molecular flexibility index (Phi) is 5.14. The van der Waals surface area contributed by atoms with Gasteiger partial charge < -0.3 is 15.4 Å². The molecule has 5 nitrogen and oxygen atoms in total. The van der Waals surface area contributed by atoms with Gasteiger partial charge >= 0.3 is 0 Å². The van der Waals surface area contributed by atoms with Crippen molar-refractivity contribution in [2.75, 3.05) is 33.3 Å². The van der Waals surface area contributed by atoms with Crippen LogP contribution in [0.1, 0.15) is 12.5 Å². The lowest BCUT2D eigenvalue weighted by Gasteiger charge is -2.35. The first-order valence-electron chi connectivity index (χ1n) is 7.10. The van der Waals surface area contributed by atoms with Crippen LogP contribution in [0.5, 0.6) is 5.75 Å². The molecule has 2 N–H and O–H groups in total. The summed E-state index contributed by atoms with van der Waals surface area (Å²) in [6.07, 6.45) is 0. The summed E-state index contributed by atoms with van der Waals surface area (Å²) in [5, 5.41) is 0. The third-order valence-electron chi connectivity index (χ3n) is 3.70. The van der Waals surface area contributed by atoms with Crippen molar-refractivity contribution in [2.45, 2.75) is 19.5 Å². The van der Waals surface area contributed by atoms with E-state index in [2.05, 4.69) is 4.90 Å². The lowest BCUT2D eigenvalue weighted by molar-refractivity contribution is -0.134. The number of rotatable bonds is 4. The molecule has 2 rings (SSSR count). The molecule has 6 heteroatoms. The summed E-state index contributed by atoms with van der Waals surface area (Å²) in [7, 11) is 1.45. The maximum absolute atomic E-state index is 13.7. The molecule has 0 aliphatic carbocycles. The van der Waals surface area contributed by atoms with Crippen LogP contribution in [-0.2, 0) is 11.3 Å². The van der Waals surface area contributed by atoms with Gasteiger partial charge in [0.15, 0.2) is 11.6 Å². The van der Waals surface area contributed by atoms with E-state index in [0.717, 1.165) is 18.7 Å². The molecule has 1 aliphatic rings. The number of hydrogen-bond acceptors (Lipinski definition) is 4. The number of hydrogen-bond donors (Lipinski definition) is 1. The number of nitrogens with zero attached hydrogens (tertiary/aromatic N) is 2. The van der Waals surface area contributed by atoms with E-state index in [1.165, 1.54) is 13.2 Å². The van der Waals surface area contributed by atoms with Gasteiger partial charge in [-0.1, -0.05) is 6.07 Å². The fraction of sp³-hybridized carbons (Fsp3) is 0.533. The molecule has 0 unspecified atom stereocenters. The third-order valence-corrected chi connectivity index (χ3v) is 3.70. The zero-order valence-electron chi connectivity index (χ0n) is 12.5. The van der Waals surface area contributed by atoms with Crippen molar-refractivity contribution in [1.82, 2.24) is 9.80 Å². The zero-order valence-corrected chi connectivity index (χ0v) is 12.5. The van der Waals surface area contributed by atoms with Gasteiger partial charge in [0, 0.05) is 32.7 Å². The second kappa shape index (κ2) is 6.87. The van der Waals surface area contributed by atoms with E-state index < -0.39 is 6.04 Å². The third kappa shape index (κ3) is 3.92. The second-order valence-electron chi connectivity index (χ2n) is 5.36. The first-order valence-corrected chi connectivity index (χ1v) is 7.10. The largest absolute Gasteiger partial charge is 0.494 e. The molecule has 1 aliphatic heterocycles. The number of ether oxygens (including phenoxy) is 1. The number of nitrogens with two attached hydrogens (primary N) is 1. The van der Waals surface area contributed by atoms with E-state index >= 15 is 0 Å². The van der Waals surface area contributed by atoms with Crippen LogP contribution in [0.25, 0.3) is 0 Å². The Morgan fingerprint density at radius 2 is 2.05 bits per heavy atom. The van der Waals surface area contributed by atoms with E-state index in [4.69, 9.17) is 10.5 Å². The molecule has 1 saturated heterocycles. The summed E-state index contributed by atoms with van der Waals surface area (Å²) in [4.78, 5) is 15.8. The quantitative estimate of drug-likeness (QED) is 0.894. The molecule has 21 heavy (non-hydrogen) atoms. The molecule has 0 saturated carbocycles. The fourth-order valence-corrected chi connectivity index (χ4v) is 2.48. The molecule has 1 heterocycles. The number of benzene rings is 1. The molecule has 1 fully saturated rings. The van der Waals surface area contributed by atoms with E-state index in [-0.39, 0.29) is 17.5 Å². The molecule has 0 radical (unpaired) electrons. The van der Waals surface area contributed by atoms with E-state index in [0.29, 0.717) is 19.6 Å². The summed E-state index contributed by atoms with van der Waals surface area (Å²) < 4.78 is 18.6. The average molecular weight is 295 g/mol. The number of carbonyl (C=O) groups excluding carboxylic acids is 1. The van der Waals surface area contributed by atoms with E-state index in [1.807, 2.05) is 6.07 Å². The van der Waals surface area contributed by atoms with E-state index in [1.54, 1.807) is 17.9 Å². The van der Waals surface area contributed by atoms with Crippen molar-refractivity contribution in [3.05, 3.63) is 29.6 Å².